The van der Waals surface area contributed by atoms with E-state index in [1.165, 1.54) is 24.3 Å². The van der Waals surface area contributed by atoms with Crippen molar-refractivity contribution in [2.24, 2.45) is 0 Å². The number of hydrogen-bond donors (Lipinski definition) is 0. The Kier molecular flexibility index (Phi) is 4.60. The first-order chi connectivity index (χ1) is 9.45. The highest BCUT2D eigenvalue weighted by molar-refractivity contribution is 9.10. The molecule has 0 aliphatic heterocycles. The van der Waals surface area contributed by atoms with Crippen LogP contribution in [-0.4, -0.2) is 5.78 Å². The predicted molar refractivity (Wildman–Crippen MR) is 72.9 cm³/mol. The maximum absolute atomic E-state index is 13.1. The molecule has 2 rings (SSSR count). The van der Waals surface area contributed by atoms with E-state index in [1.807, 2.05) is 0 Å². The lowest BCUT2D eigenvalue weighted by atomic mass is 10.0. The van der Waals surface area contributed by atoms with Gasteiger partial charge in [-0.25, -0.2) is 13.2 Å². The molecule has 0 bridgehead atoms. The van der Waals surface area contributed by atoms with Gasteiger partial charge in [0, 0.05) is 12.8 Å². The van der Waals surface area contributed by atoms with Crippen LogP contribution >= 0.6 is 15.9 Å². The molecule has 2 aromatic rings. The van der Waals surface area contributed by atoms with Crippen LogP contribution in [0.4, 0.5) is 13.2 Å². The summed E-state index contributed by atoms with van der Waals surface area (Å²) in [5.74, 6) is -2.47. The van der Waals surface area contributed by atoms with E-state index in [9.17, 15) is 18.0 Å². The van der Waals surface area contributed by atoms with E-state index >= 15 is 0 Å². The van der Waals surface area contributed by atoms with Crippen molar-refractivity contribution in [1.29, 1.82) is 0 Å². The number of carbonyl (C=O) groups excluding carboxylic acids is 1. The summed E-state index contributed by atoms with van der Waals surface area (Å²) in [5.41, 5.74) is 1.07. The van der Waals surface area contributed by atoms with Crippen LogP contribution in [0.5, 0.6) is 0 Å². The van der Waals surface area contributed by atoms with Crippen molar-refractivity contribution < 1.29 is 18.0 Å². The zero-order valence-electron chi connectivity index (χ0n) is 10.3. The molecule has 0 unspecified atom stereocenters. The molecule has 0 heterocycles. The highest BCUT2D eigenvalue weighted by Gasteiger charge is 2.09. The van der Waals surface area contributed by atoms with Gasteiger partial charge in [-0.3, -0.25) is 4.79 Å². The third kappa shape index (κ3) is 3.70. The minimum atomic E-state index is -0.972. The largest absolute Gasteiger partial charge is 0.299 e. The smallest absolute Gasteiger partial charge is 0.159 e. The molecule has 0 aliphatic carbocycles. The van der Waals surface area contributed by atoms with Gasteiger partial charge in [-0.05, 0) is 51.3 Å². The van der Waals surface area contributed by atoms with Crippen LogP contribution in [0, 0.1) is 17.5 Å². The SMILES string of the molecule is O=C(Cc1ccc(F)c(F)c1)Cc1ccc(F)c(Br)c1. The highest BCUT2D eigenvalue weighted by Crippen LogP contribution is 2.18. The van der Waals surface area contributed by atoms with E-state index in [-0.39, 0.29) is 23.1 Å². The van der Waals surface area contributed by atoms with Crippen molar-refractivity contribution in [3.05, 3.63) is 69.4 Å². The summed E-state index contributed by atoms with van der Waals surface area (Å²) in [4.78, 5) is 11.8. The summed E-state index contributed by atoms with van der Waals surface area (Å²) in [5, 5.41) is 0. The third-order valence-electron chi connectivity index (χ3n) is 2.77. The number of hydrogen-bond acceptors (Lipinski definition) is 1. The Morgan fingerprint density at radius 1 is 0.850 bits per heavy atom. The lowest BCUT2D eigenvalue weighted by Gasteiger charge is -2.04. The second kappa shape index (κ2) is 6.22. The van der Waals surface area contributed by atoms with Gasteiger partial charge in [-0.2, -0.15) is 0 Å². The number of rotatable bonds is 4. The van der Waals surface area contributed by atoms with Crippen LogP contribution in [0.25, 0.3) is 0 Å². The van der Waals surface area contributed by atoms with Crippen LogP contribution in [0.3, 0.4) is 0 Å². The maximum Gasteiger partial charge on any atom is 0.159 e. The Morgan fingerprint density at radius 3 is 1.95 bits per heavy atom. The lowest BCUT2D eigenvalue weighted by Crippen LogP contribution is -2.07. The molecule has 0 radical (unpaired) electrons. The van der Waals surface area contributed by atoms with E-state index in [2.05, 4.69) is 15.9 Å². The van der Waals surface area contributed by atoms with Gasteiger partial charge >= 0.3 is 0 Å². The molecule has 104 valence electrons. The van der Waals surface area contributed by atoms with Gasteiger partial charge in [0.15, 0.2) is 11.6 Å². The molecule has 0 amide bonds. The van der Waals surface area contributed by atoms with Gasteiger partial charge in [0.1, 0.15) is 11.6 Å². The van der Waals surface area contributed by atoms with Gasteiger partial charge in [0.2, 0.25) is 0 Å². The fourth-order valence-corrected chi connectivity index (χ4v) is 2.24. The zero-order valence-corrected chi connectivity index (χ0v) is 11.9. The van der Waals surface area contributed by atoms with Crippen molar-refractivity contribution in [2.45, 2.75) is 12.8 Å². The van der Waals surface area contributed by atoms with Gasteiger partial charge in [-0.15, -0.1) is 0 Å². The number of carbonyl (C=O) groups is 1. The second-order valence-corrected chi connectivity index (χ2v) is 5.24. The molecule has 0 N–H and O–H groups in total. The molecule has 0 spiro atoms. The average Bonchev–Trinajstić information content (AvgIpc) is 2.38. The number of Topliss-reactive ketones (excluding diaryl/α,β-unsaturated/α-hetero) is 1. The van der Waals surface area contributed by atoms with E-state index in [0.29, 0.717) is 11.1 Å². The van der Waals surface area contributed by atoms with Gasteiger partial charge in [-0.1, -0.05) is 12.1 Å². The maximum atomic E-state index is 13.1. The Morgan fingerprint density at radius 2 is 1.40 bits per heavy atom. The topological polar surface area (TPSA) is 17.1 Å². The van der Waals surface area contributed by atoms with Crippen LogP contribution in [0.2, 0.25) is 0 Å². The minimum Gasteiger partial charge on any atom is -0.299 e. The third-order valence-corrected chi connectivity index (χ3v) is 3.38. The van der Waals surface area contributed by atoms with Crippen LogP contribution < -0.4 is 0 Å². The fraction of sp³-hybridized carbons (Fsp3) is 0.133. The van der Waals surface area contributed by atoms with Crippen molar-refractivity contribution >= 4 is 21.7 Å². The Hall–Kier alpha value is -1.62. The van der Waals surface area contributed by atoms with Crippen molar-refractivity contribution in [1.82, 2.24) is 0 Å². The minimum absolute atomic E-state index is 0.00615. The Bertz CT molecular complexity index is 600. The Balaban J connectivity index is 2.04. The molecule has 0 fully saturated rings. The fourth-order valence-electron chi connectivity index (χ4n) is 1.82. The number of benzene rings is 2. The normalized spacial score (nSPS) is 10.6. The van der Waals surface area contributed by atoms with Crippen LogP contribution in [0.15, 0.2) is 40.9 Å². The standard InChI is InChI=1S/C15H10BrF3O/c16-12-7-9(1-3-13(12)17)5-11(20)6-10-2-4-14(18)15(19)8-10/h1-4,7-8H,5-6H2. The number of ketones is 1. The molecular weight excluding hydrogens is 333 g/mol. The van der Waals surface area contributed by atoms with Crippen molar-refractivity contribution in [3.63, 3.8) is 0 Å². The van der Waals surface area contributed by atoms with E-state index < -0.39 is 17.5 Å². The zero-order chi connectivity index (χ0) is 14.7. The molecular formula is C15H10BrF3O. The first-order valence-corrected chi connectivity index (χ1v) is 6.64. The Labute approximate surface area is 122 Å². The monoisotopic (exact) mass is 342 g/mol. The molecule has 2 aromatic carbocycles. The molecule has 0 saturated carbocycles. The molecule has 1 nitrogen and oxygen atoms in total. The summed E-state index contributed by atoms with van der Waals surface area (Å²) >= 11 is 3.04. The summed E-state index contributed by atoms with van der Waals surface area (Å²) < 4.78 is 39.1. The molecule has 0 saturated heterocycles. The lowest BCUT2D eigenvalue weighted by molar-refractivity contribution is -0.117. The molecule has 0 aliphatic rings. The first kappa shape index (κ1) is 14.8. The summed E-state index contributed by atoms with van der Waals surface area (Å²) in [6.45, 7) is 0. The second-order valence-electron chi connectivity index (χ2n) is 4.39. The van der Waals surface area contributed by atoms with E-state index in [4.69, 9.17) is 0 Å². The average molecular weight is 343 g/mol. The molecule has 20 heavy (non-hydrogen) atoms. The van der Waals surface area contributed by atoms with Gasteiger partial charge in [0.05, 0.1) is 4.47 Å². The molecule has 5 heteroatoms. The van der Waals surface area contributed by atoms with E-state index in [1.54, 1.807) is 0 Å². The molecule has 0 atom stereocenters. The first-order valence-electron chi connectivity index (χ1n) is 5.85. The summed E-state index contributed by atoms with van der Waals surface area (Å²) in [6.07, 6.45) is 0.115. The van der Waals surface area contributed by atoms with Crippen LogP contribution in [0.1, 0.15) is 11.1 Å². The predicted octanol–water partition coefficient (Wildman–Crippen LogP) is 4.22. The van der Waals surface area contributed by atoms with Gasteiger partial charge < -0.3 is 0 Å². The van der Waals surface area contributed by atoms with Crippen molar-refractivity contribution in [3.8, 4) is 0 Å². The van der Waals surface area contributed by atoms with E-state index in [0.717, 1.165) is 12.1 Å². The highest BCUT2D eigenvalue weighted by atomic mass is 79.9. The molecule has 0 aromatic heterocycles. The summed E-state index contributed by atoms with van der Waals surface area (Å²) in [6, 6.07) is 7.68. The van der Waals surface area contributed by atoms with Crippen molar-refractivity contribution in [2.75, 3.05) is 0 Å². The number of halogens is 4. The van der Waals surface area contributed by atoms with Crippen LogP contribution in [-0.2, 0) is 17.6 Å². The van der Waals surface area contributed by atoms with Gasteiger partial charge in [0.25, 0.3) is 0 Å². The summed E-state index contributed by atoms with van der Waals surface area (Å²) in [7, 11) is 0. The quantitative estimate of drug-likeness (QED) is 0.812.